The molecule has 1 amide bonds. The highest BCUT2D eigenvalue weighted by Gasteiger charge is 2.09. The first-order valence-electron chi connectivity index (χ1n) is 6.16. The first-order valence-corrected chi connectivity index (χ1v) is 6.95. The molecule has 0 aliphatic rings. The highest BCUT2D eigenvalue weighted by molar-refractivity contribution is 9.10. The molecule has 0 spiro atoms. The summed E-state index contributed by atoms with van der Waals surface area (Å²) in [5, 5.41) is 6.38. The first kappa shape index (κ1) is 15.1. The average molecular weight is 349 g/mol. The van der Waals surface area contributed by atoms with Gasteiger partial charge in [0.1, 0.15) is 12.4 Å². The monoisotopic (exact) mass is 348 g/mol. The van der Waals surface area contributed by atoms with Crippen molar-refractivity contribution >= 4 is 21.8 Å². The molecule has 2 aromatic rings. The first-order chi connectivity index (χ1) is 10.1. The van der Waals surface area contributed by atoms with Crippen LogP contribution in [0, 0.1) is 19.3 Å². The summed E-state index contributed by atoms with van der Waals surface area (Å²) in [7, 11) is 0. The van der Waals surface area contributed by atoms with Gasteiger partial charge in [-0.25, -0.2) is 0 Å². The molecule has 0 saturated heterocycles. The molecule has 0 fully saturated rings. The van der Waals surface area contributed by atoms with Gasteiger partial charge in [0.15, 0.2) is 5.76 Å². The Hall–Kier alpha value is -2.26. The van der Waals surface area contributed by atoms with Gasteiger partial charge < -0.3 is 14.6 Å². The van der Waals surface area contributed by atoms with Crippen LogP contribution in [0.1, 0.15) is 21.8 Å². The minimum absolute atomic E-state index is 0.194. The van der Waals surface area contributed by atoms with E-state index in [0.29, 0.717) is 21.5 Å². The number of carbonyl (C=O) groups excluding carboxylic acids is 1. The second-order valence-electron chi connectivity index (χ2n) is 4.26. The van der Waals surface area contributed by atoms with Crippen LogP contribution in [-0.4, -0.2) is 17.6 Å². The number of hydrogen-bond donors (Lipinski definition) is 1. The van der Waals surface area contributed by atoms with Crippen LogP contribution in [-0.2, 0) is 6.61 Å². The molecule has 0 saturated carbocycles. The van der Waals surface area contributed by atoms with E-state index in [9.17, 15) is 4.79 Å². The van der Waals surface area contributed by atoms with Crippen LogP contribution in [0.2, 0.25) is 0 Å². The molecule has 0 radical (unpaired) electrons. The predicted molar refractivity (Wildman–Crippen MR) is 80.9 cm³/mol. The van der Waals surface area contributed by atoms with Gasteiger partial charge in [-0.15, -0.1) is 6.42 Å². The van der Waals surface area contributed by atoms with Crippen LogP contribution in [0.5, 0.6) is 5.75 Å². The van der Waals surface area contributed by atoms with Gasteiger partial charge in [-0.1, -0.05) is 11.1 Å². The highest BCUT2D eigenvalue weighted by Crippen LogP contribution is 2.27. The van der Waals surface area contributed by atoms with Gasteiger partial charge in [0.05, 0.1) is 16.7 Å². The molecule has 1 heterocycles. The number of rotatable bonds is 5. The Morgan fingerprint density at radius 1 is 1.52 bits per heavy atom. The third kappa shape index (κ3) is 4.10. The molecule has 108 valence electrons. The van der Waals surface area contributed by atoms with Crippen molar-refractivity contribution in [3.63, 3.8) is 0 Å². The minimum Gasteiger partial charge on any atom is -0.484 e. The van der Waals surface area contributed by atoms with Crippen LogP contribution in [0.15, 0.2) is 33.3 Å². The number of carbonyl (C=O) groups is 1. The number of aromatic nitrogens is 1. The van der Waals surface area contributed by atoms with Crippen LogP contribution < -0.4 is 10.1 Å². The van der Waals surface area contributed by atoms with Crippen molar-refractivity contribution in [3.8, 4) is 18.1 Å². The number of terminal acetylenes is 1. The smallest absolute Gasteiger partial charge is 0.252 e. The lowest BCUT2D eigenvalue weighted by Gasteiger charge is -2.08. The van der Waals surface area contributed by atoms with Crippen molar-refractivity contribution in [1.29, 1.82) is 0 Å². The summed E-state index contributed by atoms with van der Waals surface area (Å²) >= 11 is 3.37. The third-order valence-corrected chi connectivity index (χ3v) is 3.21. The lowest BCUT2D eigenvalue weighted by atomic mass is 10.2. The van der Waals surface area contributed by atoms with Crippen molar-refractivity contribution in [2.45, 2.75) is 13.5 Å². The molecule has 1 aromatic heterocycles. The second kappa shape index (κ2) is 6.95. The van der Waals surface area contributed by atoms with E-state index in [-0.39, 0.29) is 19.1 Å². The Labute approximate surface area is 130 Å². The summed E-state index contributed by atoms with van der Waals surface area (Å²) in [6.07, 6.45) is 5.10. The van der Waals surface area contributed by atoms with Crippen molar-refractivity contribution < 1.29 is 14.1 Å². The summed E-state index contributed by atoms with van der Waals surface area (Å²) in [5.74, 6) is 3.36. The van der Waals surface area contributed by atoms with E-state index < -0.39 is 0 Å². The Bertz CT molecular complexity index is 688. The van der Waals surface area contributed by atoms with Crippen LogP contribution in [0.25, 0.3) is 0 Å². The molecule has 6 heteroatoms. The van der Waals surface area contributed by atoms with E-state index in [4.69, 9.17) is 15.7 Å². The number of amides is 1. The van der Waals surface area contributed by atoms with Gasteiger partial charge in [-0.2, -0.15) is 0 Å². The summed E-state index contributed by atoms with van der Waals surface area (Å²) in [6.45, 7) is 2.30. The van der Waals surface area contributed by atoms with E-state index in [1.165, 1.54) is 0 Å². The number of benzene rings is 1. The fourth-order valence-electron chi connectivity index (χ4n) is 1.63. The van der Waals surface area contributed by atoms with Gasteiger partial charge in [-0.3, -0.25) is 4.79 Å². The van der Waals surface area contributed by atoms with Crippen molar-refractivity contribution in [2.24, 2.45) is 0 Å². The molecule has 2 rings (SSSR count). The zero-order valence-corrected chi connectivity index (χ0v) is 12.9. The van der Waals surface area contributed by atoms with Gasteiger partial charge >= 0.3 is 0 Å². The van der Waals surface area contributed by atoms with E-state index in [1.807, 2.05) is 6.92 Å². The minimum atomic E-state index is -0.231. The molecule has 1 aromatic carbocycles. The molecule has 0 bridgehead atoms. The Kier molecular flexibility index (Phi) is 5.01. The number of nitrogens with zero attached hydrogens (tertiary/aromatic N) is 1. The largest absolute Gasteiger partial charge is 0.484 e. The van der Waals surface area contributed by atoms with Crippen molar-refractivity contribution in [2.75, 3.05) is 6.54 Å². The lowest BCUT2D eigenvalue weighted by molar-refractivity contribution is 0.0958. The van der Waals surface area contributed by atoms with Crippen LogP contribution in [0.4, 0.5) is 0 Å². The zero-order valence-electron chi connectivity index (χ0n) is 11.4. The SMILES string of the molecule is C#CCNC(=O)c1ccc(OCc2cc(C)no2)c(Br)c1. The molecular weight excluding hydrogens is 336 g/mol. The summed E-state index contributed by atoms with van der Waals surface area (Å²) in [4.78, 5) is 11.8. The molecule has 0 atom stereocenters. The molecule has 0 aliphatic heterocycles. The summed E-state index contributed by atoms with van der Waals surface area (Å²) in [5.41, 5.74) is 1.30. The standard InChI is InChI=1S/C15H13BrN2O3/c1-3-6-17-15(19)11-4-5-14(13(16)8-11)20-9-12-7-10(2)18-21-12/h1,4-5,7-8H,6,9H2,2H3,(H,17,19). The predicted octanol–water partition coefficient (Wildman–Crippen LogP) is 2.69. The average Bonchev–Trinajstić information content (AvgIpc) is 2.89. The van der Waals surface area contributed by atoms with Gasteiger partial charge in [0.25, 0.3) is 5.91 Å². The highest BCUT2D eigenvalue weighted by atomic mass is 79.9. The molecule has 21 heavy (non-hydrogen) atoms. The Morgan fingerprint density at radius 2 is 2.33 bits per heavy atom. The van der Waals surface area contributed by atoms with Crippen LogP contribution >= 0.6 is 15.9 Å². The van der Waals surface area contributed by atoms with E-state index in [2.05, 4.69) is 32.3 Å². The maximum absolute atomic E-state index is 11.8. The number of aryl methyl sites for hydroxylation is 1. The maximum atomic E-state index is 11.8. The Morgan fingerprint density at radius 3 is 2.95 bits per heavy atom. The lowest BCUT2D eigenvalue weighted by Crippen LogP contribution is -2.23. The zero-order chi connectivity index (χ0) is 15.2. The topological polar surface area (TPSA) is 64.4 Å². The van der Waals surface area contributed by atoms with Crippen molar-refractivity contribution in [3.05, 3.63) is 45.8 Å². The summed E-state index contributed by atoms with van der Waals surface area (Å²) < 4.78 is 11.3. The molecule has 1 N–H and O–H groups in total. The molecule has 0 aliphatic carbocycles. The normalized spacial score (nSPS) is 9.95. The second-order valence-corrected chi connectivity index (χ2v) is 5.11. The van der Waals surface area contributed by atoms with Crippen molar-refractivity contribution in [1.82, 2.24) is 10.5 Å². The van der Waals surface area contributed by atoms with E-state index in [1.54, 1.807) is 24.3 Å². The van der Waals surface area contributed by atoms with Gasteiger partial charge in [0, 0.05) is 11.6 Å². The molecular formula is C15H13BrN2O3. The van der Waals surface area contributed by atoms with Gasteiger partial charge in [0.2, 0.25) is 0 Å². The fourth-order valence-corrected chi connectivity index (χ4v) is 2.12. The maximum Gasteiger partial charge on any atom is 0.252 e. The molecule has 0 unspecified atom stereocenters. The van der Waals surface area contributed by atoms with Gasteiger partial charge in [-0.05, 0) is 41.1 Å². The molecule has 5 nitrogen and oxygen atoms in total. The third-order valence-electron chi connectivity index (χ3n) is 2.59. The van der Waals surface area contributed by atoms with E-state index >= 15 is 0 Å². The number of hydrogen-bond acceptors (Lipinski definition) is 4. The van der Waals surface area contributed by atoms with E-state index in [0.717, 1.165) is 5.69 Å². The number of ether oxygens (including phenoxy) is 1. The Balaban J connectivity index is 2.02. The van der Waals surface area contributed by atoms with Crippen LogP contribution in [0.3, 0.4) is 0 Å². The number of nitrogens with one attached hydrogen (secondary N) is 1. The summed E-state index contributed by atoms with van der Waals surface area (Å²) in [6, 6.07) is 6.85. The number of halogens is 1. The fraction of sp³-hybridized carbons (Fsp3) is 0.200. The quantitative estimate of drug-likeness (QED) is 0.843.